The van der Waals surface area contributed by atoms with E-state index in [9.17, 15) is 0 Å². The molecule has 86 valence electrons. The summed E-state index contributed by atoms with van der Waals surface area (Å²) in [6.45, 7) is 5.15. The summed E-state index contributed by atoms with van der Waals surface area (Å²) in [5.74, 6) is 0.912. The molecule has 0 aromatic carbocycles. The van der Waals surface area contributed by atoms with Gasteiger partial charge in [-0.2, -0.15) is 5.26 Å². The van der Waals surface area contributed by atoms with E-state index in [4.69, 9.17) is 11.0 Å². The highest BCUT2D eigenvalue weighted by molar-refractivity contribution is 5.00. The van der Waals surface area contributed by atoms with Crippen molar-refractivity contribution >= 4 is 0 Å². The second-order valence-corrected chi connectivity index (χ2v) is 5.19. The van der Waals surface area contributed by atoms with E-state index in [1.807, 2.05) is 0 Å². The molecular formula is C12H23N3. The van der Waals surface area contributed by atoms with E-state index in [0.717, 1.165) is 25.3 Å². The van der Waals surface area contributed by atoms with Gasteiger partial charge in [0.15, 0.2) is 0 Å². The van der Waals surface area contributed by atoms with Gasteiger partial charge in [-0.05, 0) is 59.0 Å². The first-order valence-corrected chi connectivity index (χ1v) is 5.86. The Bertz CT molecular complexity index is 238. The van der Waals surface area contributed by atoms with Crippen LogP contribution in [0.5, 0.6) is 0 Å². The Morgan fingerprint density at radius 2 is 2.20 bits per heavy atom. The van der Waals surface area contributed by atoms with Crippen molar-refractivity contribution in [3.63, 3.8) is 0 Å². The molecule has 0 bridgehead atoms. The van der Waals surface area contributed by atoms with E-state index in [1.165, 1.54) is 12.8 Å². The van der Waals surface area contributed by atoms with Gasteiger partial charge >= 0.3 is 0 Å². The fraction of sp³-hybridized carbons (Fsp3) is 0.917. The molecule has 2 atom stereocenters. The number of hydrogen-bond acceptors (Lipinski definition) is 3. The molecule has 2 unspecified atom stereocenters. The highest BCUT2D eigenvalue weighted by Gasteiger charge is 2.30. The summed E-state index contributed by atoms with van der Waals surface area (Å²) in [7, 11) is 2.17. The van der Waals surface area contributed by atoms with Gasteiger partial charge in [0, 0.05) is 6.04 Å². The van der Waals surface area contributed by atoms with Gasteiger partial charge in [0.2, 0.25) is 0 Å². The number of nitriles is 1. The average Bonchev–Trinajstić information content (AvgIpc) is 2.99. The highest BCUT2D eigenvalue weighted by atomic mass is 15.1. The number of nitrogens with zero attached hydrogens (tertiary/aromatic N) is 2. The Balaban J connectivity index is 2.17. The fourth-order valence-corrected chi connectivity index (χ4v) is 1.89. The van der Waals surface area contributed by atoms with Gasteiger partial charge in [-0.25, -0.2) is 0 Å². The first-order valence-electron chi connectivity index (χ1n) is 5.86. The first kappa shape index (κ1) is 12.5. The molecule has 3 heteroatoms. The summed E-state index contributed by atoms with van der Waals surface area (Å²) < 4.78 is 0. The van der Waals surface area contributed by atoms with Crippen LogP contribution in [0, 0.1) is 17.2 Å². The maximum absolute atomic E-state index is 8.78. The van der Waals surface area contributed by atoms with Crippen LogP contribution >= 0.6 is 0 Å². The third-order valence-corrected chi connectivity index (χ3v) is 3.46. The summed E-state index contributed by atoms with van der Waals surface area (Å²) in [6, 6.07) is 2.83. The molecular weight excluding hydrogens is 186 g/mol. The second-order valence-electron chi connectivity index (χ2n) is 5.19. The Hall–Kier alpha value is -0.590. The molecule has 2 N–H and O–H groups in total. The Kier molecular flexibility index (Phi) is 4.12. The molecule has 1 fully saturated rings. The Morgan fingerprint density at radius 1 is 1.60 bits per heavy atom. The van der Waals surface area contributed by atoms with Crippen molar-refractivity contribution in [2.24, 2.45) is 11.7 Å². The van der Waals surface area contributed by atoms with Crippen LogP contribution in [0.2, 0.25) is 0 Å². The SMILES string of the molecule is CC(C1CC1)N(C)CCCC(C)(N)C#N. The van der Waals surface area contributed by atoms with Crippen molar-refractivity contribution in [3.8, 4) is 6.07 Å². The zero-order chi connectivity index (χ0) is 11.5. The van der Waals surface area contributed by atoms with Gasteiger partial charge in [-0.1, -0.05) is 0 Å². The molecule has 1 saturated carbocycles. The minimum absolute atomic E-state index is 0.649. The number of nitrogens with two attached hydrogens (primary N) is 1. The number of rotatable bonds is 6. The summed E-state index contributed by atoms with van der Waals surface area (Å²) in [5, 5.41) is 8.78. The van der Waals surface area contributed by atoms with Crippen LogP contribution < -0.4 is 5.73 Å². The van der Waals surface area contributed by atoms with Crippen molar-refractivity contribution < 1.29 is 0 Å². The van der Waals surface area contributed by atoms with Crippen molar-refractivity contribution in [2.75, 3.05) is 13.6 Å². The third kappa shape index (κ3) is 4.19. The molecule has 0 spiro atoms. The molecule has 15 heavy (non-hydrogen) atoms. The van der Waals surface area contributed by atoms with Crippen LogP contribution in [-0.4, -0.2) is 30.1 Å². The zero-order valence-electron chi connectivity index (χ0n) is 10.2. The van der Waals surface area contributed by atoms with Crippen LogP contribution in [0.4, 0.5) is 0 Å². The Morgan fingerprint density at radius 3 is 2.67 bits per heavy atom. The van der Waals surface area contributed by atoms with Gasteiger partial charge < -0.3 is 10.6 Å². The van der Waals surface area contributed by atoms with Gasteiger partial charge in [0.25, 0.3) is 0 Å². The van der Waals surface area contributed by atoms with Crippen LogP contribution in [0.1, 0.15) is 39.5 Å². The van der Waals surface area contributed by atoms with E-state index in [-0.39, 0.29) is 0 Å². The van der Waals surface area contributed by atoms with Crippen LogP contribution in [0.3, 0.4) is 0 Å². The van der Waals surface area contributed by atoms with Gasteiger partial charge in [-0.3, -0.25) is 0 Å². The zero-order valence-corrected chi connectivity index (χ0v) is 10.2. The van der Waals surface area contributed by atoms with Gasteiger partial charge in [-0.15, -0.1) is 0 Å². The molecule has 3 nitrogen and oxygen atoms in total. The monoisotopic (exact) mass is 209 g/mol. The smallest absolute Gasteiger partial charge is 0.101 e. The molecule has 0 saturated heterocycles. The van der Waals surface area contributed by atoms with Crippen molar-refractivity contribution in [1.29, 1.82) is 5.26 Å². The van der Waals surface area contributed by atoms with E-state index in [1.54, 1.807) is 6.92 Å². The first-order chi connectivity index (χ1) is 6.96. The molecule has 0 aliphatic heterocycles. The molecule has 1 aliphatic carbocycles. The van der Waals surface area contributed by atoms with Crippen molar-refractivity contribution in [1.82, 2.24) is 4.90 Å². The van der Waals surface area contributed by atoms with E-state index >= 15 is 0 Å². The molecule has 0 aromatic heterocycles. The fourth-order valence-electron chi connectivity index (χ4n) is 1.89. The summed E-state index contributed by atoms with van der Waals surface area (Å²) in [6.07, 6.45) is 4.57. The molecule has 1 aliphatic rings. The van der Waals surface area contributed by atoms with E-state index in [2.05, 4.69) is 24.9 Å². The highest BCUT2D eigenvalue weighted by Crippen LogP contribution is 2.34. The topological polar surface area (TPSA) is 53.0 Å². The molecule has 0 aromatic rings. The average molecular weight is 209 g/mol. The molecule has 0 amide bonds. The van der Waals surface area contributed by atoms with Crippen LogP contribution in [0.15, 0.2) is 0 Å². The van der Waals surface area contributed by atoms with E-state index < -0.39 is 5.54 Å². The lowest BCUT2D eigenvalue weighted by atomic mass is 9.99. The lowest BCUT2D eigenvalue weighted by molar-refractivity contribution is 0.226. The standard InChI is InChI=1S/C12H23N3/c1-10(11-5-6-11)15(3)8-4-7-12(2,14)9-13/h10-11H,4-8,14H2,1-3H3. The second kappa shape index (κ2) is 4.96. The summed E-state index contributed by atoms with van der Waals surface area (Å²) in [4.78, 5) is 2.39. The van der Waals surface area contributed by atoms with Crippen LogP contribution in [-0.2, 0) is 0 Å². The maximum atomic E-state index is 8.78. The summed E-state index contributed by atoms with van der Waals surface area (Å²) >= 11 is 0. The predicted molar refractivity (Wildman–Crippen MR) is 62.3 cm³/mol. The molecule has 1 rings (SSSR count). The minimum atomic E-state index is -0.649. The van der Waals surface area contributed by atoms with Crippen molar-refractivity contribution in [3.05, 3.63) is 0 Å². The predicted octanol–water partition coefficient (Wildman–Crippen LogP) is 1.74. The van der Waals surface area contributed by atoms with Crippen molar-refractivity contribution in [2.45, 2.75) is 51.1 Å². The maximum Gasteiger partial charge on any atom is 0.101 e. The molecule has 0 radical (unpaired) electrons. The third-order valence-electron chi connectivity index (χ3n) is 3.46. The Labute approximate surface area is 93.2 Å². The van der Waals surface area contributed by atoms with Gasteiger partial charge in [0.05, 0.1) is 6.07 Å². The van der Waals surface area contributed by atoms with E-state index in [0.29, 0.717) is 6.04 Å². The van der Waals surface area contributed by atoms with Crippen LogP contribution in [0.25, 0.3) is 0 Å². The minimum Gasteiger partial charge on any atom is -0.314 e. The summed E-state index contributed by atoms with van der Waals surface area (Å²) in [5.41, 5.74) is 5.12. The number of hydrogen-bond donors (Lipinski definition) is 1. The molecule has 0 heterocycles. The lowest BCUT2D eigenvalue weighted by Crippen LogP contribution is -2.36. The largest absolute Gasteiger partial charge is 0.314 e. The van der Waals surface area contributed by atoms with Gasteiger partial charge in [0.1, 0.15) is 5.54 Å². The quantitative estimate of drug-likeness (QED) is 0.725. The lowest BCUT2D eigenvalue weighted by Gasteiger charge is -2.25. The normalized spacial score (nSPS) is 22.1.